The molecule has 3 atom stereocenters. The van der Waals surface area contributed by atoms with E-state index in [4.69, 9.17) is 0 Å². The number of unbranched alkanes of at least 4 members (excludes halogenated alkanes) is 1. The van der Waals surface area contributed by atoms with Gasteiger partial charge in [-0.1, -0.05) is 82.5 Å². The highest BCUT2D eigenvalue weighted by Gasteiger charge is 2.36. The van der Waals surface area contributed by atoms with Gasteiger partial charge in [0.1, 0.15) is 0 Å². The van der Waals surface area contributed by atoms with Crippen LogP contribution in [0.25, 0.3) is 0 Å². The van der Waals surface area contributed by atoms with Gasteiger partial charge in [-0.15, -0.1) is 0 Å². The van der Waals surface area contributed by atoms with E-state index in [0.717, 1.165) is 46.9 Å². The van der Waals surface area contributed by atoms with Crippen LogP contribution in [0.4, 0.5) is 13.2 Å². The van der Waals surface area contributed by atoms with E-state index in [1.165, 1.54) is 49.2 Å². The van der Waals surface area contributed by atoms with Crippen LogP contribution < -0.4 is 0 Å². The van der Waals surface area contributed by atoms with Gasteiger partial charge in [0.25, 0.3) is 0 Å². The Labute approximate surface area is 220 Å². The van der Waals surface area contributed by atoms with Gasteiger partial charge in [-0.2, -0.15) is 13.2 Å². The number of benzene rings is 1. The topological polar surface area (TPSA) is 40.5 Å². The number of aliphatic carboxylic acids is 1. The van der Waals surface area contributed by atoms with E-state index in [1.807, 2.05) is 0 Å². The molecular formula is C28H46F3NO2Si2. The number of halogens is 3. The molecule has 3 nitrogen and oxygen atoms in total. The van der Waals surface area contributed by atoms with Crippen molar-refractivity contribution in [1.82, 2.24) is 4.90 Å². The molecule has 1 aromatic rings. The monoisotopic (exact) mass is 541 g/mol. The van der Waals surface area contributed by atoms with Crippen LogP contribution in [0, 0.1) is 5.92 Å². The summed E-state index contributed by atoms with van der Waals surface area (Å²) < 4.78 is 39.5. The van der Waals surface area contributed by atoms with Crippen LogP contribution in [-0.2, 0) is 11.0 Å². The van der Waals surface area contributed by atoms with Crippen LogP contribution in [-0.4, -0.2) is 46.2 Å². The first-order valence-corrected chi connectivity index (χ1v) is 18.4. The van der Waals surface area contributed by atoms with Crippen LogP contribution in [0.15, 0.2) is 24.3 Å². The molecule has 0 aromatic heterocycles. The minimum Gasteiger partial charge on any atom is -0.481 e. The van der Waals surface area contributed by atoms with E-state index >= 15 is 0 Å². The number of hydrogen-bond donors (Lipinski definition) is 1. The van der Waals surface area contributed by atoms with Crippen LogP contribution in [0.5, 0.6) is 0 Å². The molecule has 0 saturated carbocycles. The Bertz CT molecular complexity index is 776. The van der Waals surface area contributed by atoms with Gasteiger partial charge in [0, 0.05) is 28.0 Å². The Morgan fingerprint density at radius 2 is 1.75 bits per heavy atom. The summed E-state index contributed by atoms with van der Waals surface area (Å²) in [5, 5.41) is 9.38. The van der Waals surface area contributed by atoms with Crippen molar-refractivity contribution >= 4 is 23.6 Å². The average molecular weight is 542 g/mol. The summed E-state index contributed by atoms with van der Waals surface area (Å²) in [5.41, 5.74) is 0.256. The van der Waals surface area contributed by atoms with Crippen molar-refractivity contribution in [3.63, 3.8) is 0 Å². The number of hydrogen-bond acceptors (Lipinski definition) is 2. The van der Waals surface area contributed by atoms with E-state index in [2.05, 4.69) is 32.2 Å². The fraction of sp³-hybridized carbons (Fsp3) is 0.750. The molecule has 36 heavy (non-hydrogen) atoms. The third-order valence-corrected chi connectivity index (χ3v) is 15.5. The molecule has 1 heterocycles. The number of carboxylic acid groups (broad SMARTS) is 1. The van der Waals surface area contributed by atoms with E-state index < -0.39 is 25.8 Å². The van der Waals surface area contributed by atoms with Crippen molar-refractivity contribution in [3.05, 3.63) is 35.4 Å². The lowest BCUT2D eigenvalue weighted by atomic mass is 9.83. The van der Waals surface area contributed by atoms with Crippen LogP contribution >= 0.6 is 0 Å². The number of carbonyl (C=O) groups is 1. The standard InChI is InChI=1S/C28H46F3NO2Si2/c1-5-36(6-2,7-3)19-9-8-10-25(16-18-35-4)32-17-15-22(21-27(33)34)20-26(32)23-11-13-24(14-12-23)28(29,30)31/h11-14,22,25-26H,5-10,15-21H2,1-4H3,(H,33,34)/t22-,25-,26+/m1/s1. The molecule has 1 saturated heterocycles. The van der Waals surface area contributed by atoms with Gasteiger partial charge in [-0.25, -0.2) is 0 Å². The molecular weight excluding hydrogens is 495 g/mol. The maximum Gasteiger partial charge on any atom is 0.416 e. The second-order valence-corrected chi connectivity index (χ2v) is 17.5. The zero-order valence-electron chi connectivity index (χ0n) is 22.7. The Kier molecular flexibility index (Phi) is 12.7. The van der Waals surface area contributed by atoms with Gasteiger partial charge >= 0.3 is 12.1 Å². The van der Waals surface area contributed by atoms with E-state index in [9.17, 15) is 23.1 Å². The fourth-order valence-corrected chi connectivity index (χ4v) is 10.3. The Balaban J connectivity index is 2.21. The maximum atomic E-state index is 13.2. The van der Waals surface area contributed by atoms with Crippen molar-refractivity contribution < 1.29 is 23.1 Å². The number of rotatable bonds is 15. The average Bonchev–Trinajstić information content (AvgIpc) is 2.86. The van der Waals surface area contributed by atoms with Gasteiger partial charge in [-0.3, -0.25) is 9.69 Å². The predicted molar refractivity (Wildman–Crippen MR) is 147 cm³/mol. The number of carboxylic acids is 1. The summed E-state index contributed by atoms with van der Waals surface area (Å²) in [6.07, 6.45) is 2.00. The molecule has 8 heteroatoms. The molecule has 204 valence electrons. The first kappa shape index (κ1) is 31.1. The van der Waals surface area contributed by atoms with Gasteiger partial charge in [0.2, 0.25) is 0 Å². The first-order chi connectivity index (χ1) is 17.1. The quantitative estimate of drug-likeness (QED) is 0.179. The second-order valence-electron chi connectivity index (χ2n) is 10.7. The highest BCUT2D eigenvalue weighted by Crippen LogP contribution is 2.40. The summed E-state index contributed by atoms with van der Waals surface area (Å²) >= 11 is 0. The first-order valence-electron chi connectivity index (χ1n) is 13.9. The molecule has 1 aliphatic rings. The highest BCUT2D eigenvalue weighted by molar-refractivity contribution is 6.79. The van der Waals surface area contributed by atoms with E-state index in [1.54, 1.807) is 12.1 Å². The van der Waals surface area contributed by atoms with Gasteiger partial charge in [0.05, 0.1) is 13.6 Å². The highest BCUT2D eigenvalue weighted by atomic mass is 28.3. The zero-order valence-corrected chi connectivity index (χ0v) is 24.7. The summed E-state index contributed by atoms with van der Waals surface area (Å²) in [4.78, 5) is 13.9. The Hall–Kier alpha value is -1.13. The SMILES string of the molecule is CC[Si](CC)(CC)CCCC[C@H](CC[Si]C)N1CC[C@@H](CC(=O)O)C[C@H]1c1ccc(C(F)(F)F)cc1. The van der Waals surface area contributed by atoms with E-state index in [0.29, 0.717) is 12.5 Å². The maximum absolute atomic E-state index is 13.2. The molecule has 0 unspecified atom stereocenters. The van der Waals surface area contributed by atoms with Gasteiger partial charge in [-0.05, 0) is 55.8 Å². The lowest BCUT2D eigenvalue weighted by Crippen LogP contribution is -2.44. The molecule has 1 aliphatic heterocycles. The minimum atomic E-state index is -4.35. The molecule has 0 aliphatic carbocycles. The third kappa shape index (κ3) is 9.01. The lowest BCUT2D eigenvalue weighted by Gasteiger charge is -2.44. The van der Waals surface area contributed by atoms with Gasteiger partial charge in [0.15, 0.2) is 0 Å². The number of alkyl halides is 3. The summed E-state index contributed by atoms with van der Waals surface area (Å²) in [6.45, 7) is 10.1. The summed E-state index contributed by atoms with van der Waals surface area (Å²) in [7, 11) is -0.245. The van der Waals surface area contributed by atoms with Crippen molar-refractivity contribution in [3.8, 4) is 0 Å². The molecule has 1 aromatic carbocycles. The molecule has 1 fully saturated rings. The van der Waals surface area contributed by atoms with E-state index in [-0.39, 0.29) is 18.4 Å². The van der Waals surface area contributed by atoms with Crippen molar-refractivity contribution in [2.45, 2.75) is 121 Å². The molecule has 0 amide bonds. The largest absolute Gasteiger partial charge is 0.481 e. The number of piperidine rings is 1. The third-order valence-electron chi connectivity index (χ3n) is 8.78. The minimum absolute atomic E-state index is 0.0223. The van der Waals surface area contributed by atoms with Crippen LogP contribution in [0.2, 0.25) is 36.8 Å². The summed E-state index contributed by atoms with van der Waals surface area (Å²) in [6, 6.07) is 12.6. The van der Waals surface area contributed by atoms with Crippen LogP contribution in [0.3, 0.4) is 0 Å². The number of nitrogens with zero attached hydrogens (tertiary/aromatic N) is 1. The second kappa shape index (κ2) is 14.7. The fourth-order valence-electron chi connectivity index (χ4n) is 6.09. The lowest BCUT2D eigenvalue weighted by molar-refractivity contribution is -0.139. The Morgan fingerprint density at radius 1 is 1.11 bits per heavy atom. The van der Waals surface area contributed by atoms with Crippen molar-refractivity contribution in [1.29, 1.82) is 0 Å². The molecule has 0 spiro atoms. The van der Waals surface area contributed by atoms with Gasteiger partial charge < -0.3 is 5.11 Å². The molecule has 2 radical (unpaired) electrons. The van der Waals surface area contributed by atoms with Crippen LogP contribution in [0.1, 0.15) is 82.9 Å². The molecule has 0 bridgehead atoms. The number of likely N-dealkylation sites (tertiary alicyclic amines) is 1. The predicted octanol–water partition coefficient (Wildman–Crippen LogP) is 8.54. The Morgan fingerprint density at radius 3 is 2.28 bits per heavy atom. The summed E-state index contributed by atoms with van der Waals surface area (Å²) in [5.74, 6) is -0.733. The molecule has 2 rings (SSSR count). The normalized spacial score (nSPS) is 20.4. The zero-order chi connectivity index (χ0) is 26.8. The smallest absolute Gasteiger partial charge is 0.416 e. The molecule has 1 N–H and O–H groups in total. The van der Waals surface area contributed by atoms with Crippen molar-refractivity contribution in [2.75, 3.05) is 6.54 Å². The van der Waals surface area contributed by atoms with Crippen molar-refractivity contribution in [2.24, 2.45) is 5.92 Å².